The second kappa shape index (κ2) is 6.72. The Morgan fingerprint density at radius 1 is 1.50 bits per heavy atom. The van der Waals surface area contributed by atoms with Crippen molar-refractivity contribution in [1.82, 2.24) is 10.6 Å². The minimum absolute atomic E-state index is 0.0840. The molecule has 0 saturated carbocycles. The van der Waals surface area contributed by atoms with E-state index >= 15 is 0 Å². The summed E-state index contributed by atoms with van der Waals surface area (Å²) in [4.78, 5) is 23.2. The summed E-state index contributed by atoms with van der Waals surface area (Å²) in [6, 6.07) is 6.95. The highest BCUT2D eigenvalue weighted by Gasteiger charge is 2.25. The number of nitrogens with one attached hydrogen (secondary N) is 2. The maximum atomic E-state index is 11.9. The van der Waals surface area contributed by atoms with Crippen molar-refractivity contribution in [1.29, 1.82) is 0 Å². The third-order valence-electron chi connectivity index (χ3n) is 3.35. The molecule has 0 aliphatic carbocycles. The average molecular weight is 297 g/mol. The SMILES string of the molecule is O=C1CC(C(=O)NCC(O)c2ccccc2Cl)CCN1. The van der Waals surface area contributed by atoms with Crippen LogP contribution < -0.4 is 10.6 Å². The highest BCUT2D eigenvalue weighted by Crippen LogP contribution is 2.22. The van der Waals surface area contributed by atoms with Crippen LogP contribution in [-0.4, -0.2) is 30.0 Å². The van der Waals surface area contributed by atoms with E-state index in [9.17, 15) is 14.7 Å². The predicted molar refractivity (Wildman–Crippen MR) is 75.2 cm³/mol. The highest BCUT2D eigenvalue weighted by molar-refractivity contribution is 6.31. The van der Waals surface area contributed by atoms with Crippen LogP contribution in [0.4, 0.5) is 0 Å². The number of hydrogen-bond acceptors (Lipinski definition) is 3. The van der Waals surface area contributed by atoms with Gasteiger partial charge >= 0.3 is 0 Å². The largest absolute Gasteiger partial charge is 0.387 e. The fourth-order valence-corrected chi connectivity index (χ4v) is 2.47. The zero-order chi connectivity index (χ0) is 14.5. The van der Waals surface area contributed by atoms with Crippen LogP contribution in [0.15, 0.2) is 24.3 Å². The molecule has 1 aromatic carbocycles. The van der Waals surface area contributed by atoms with Gasteiger partial charge in [0.05, 0.1) is 6.10 Å². The molecule has 1 aliphatic heterocycles. The molecule has 0 spiro atoms. The summed E-state index contributed by atoms with van der Waals surface area (Å²) in [5, 5.41) is 15.8. The first-order valence-corrected chi connectivity index (χ1v) is 6.92. The van der Waals surface area contributed by atoms with Gasteiger partial charge in [0.2, 0.25) is 11.8 Å². The monoisotopic (exact) mass is 296 g/mol. The lowest BCUT2D eigenvalue weighted by molar-refractivity contribution is -0.132. The van der Waals surface area contributed by atoms with Crippen LogP contribution in [0.25, 0.3) is 0 Å². The molecule has 2 rings (SSSR count). The molecule has 0 radical (unpaired) electrons. The first-order valence-electron chi connectivity index (χ1n) is 6.55. The molecule has 2 amide bonds. The summed E-state index contributed by atoms with van der Waals surface area (Å²) in [5.41, 5.74) is 0.579. The molecule has 20 heavy (non-hydrogen) atoms. The molecule has 3 N–H and O–H groups in total. The number of halogens is 1. The first-order chi connectivity index (χ1) is 9.58. The van der Waals surface area contributed by atoms with Crippen molar-refractivity contribution in [2.24, 2.45) is 5.92 Å². The zero-order valence-corrected chi connectivity index (χ0v) is 11.7. The maximum absolute atomic E-state index is 11.9. The van der Waals surface area contributed by atoms with E-state index in [-0.39, 0.29) is 30.7 Å². The summed E-state index contributed by atoms with van der Waals surface area (Å²) < 4.78 is 0. The first kappa shape index (κ1) is 14.8. The number of carbonyl (C=O) groups is 2. The number of amides is 2. The van der Waals surface area contributed by atoms with Gasteiger partial charge in [-0.15, -0.1) is 0 Å². The van der Waals surface area contributed by atoms with Gasteiger partial charge in [-0.2, -0.15) is 0 Å². The molecule has 0 bridgehead atoms. The van der Waals surface area contributed by atoms with Crippen molar-refractivity contribution in [3.05, 3.63) is 34.9 Å². The molecular formula is C14H17ClN2O3. The van der Waals surface area contributed by atoms with Crippen molar-refractivity contribution in [3.63, 3.8) is 0 Å². The van der Waals surface area contributed by atoms with E-state index in [0.717, 1.165) is 0 Å². The summed E-state index contributed by atoms with van der Waals surface area (Å²) in [6.07, 6.45) is -0.0293. The van der Waals surface area contributed by atoms with Gasteiger partial charge in [0.25, 0.3) is 0 Å². The van der Waals surface area contributed by atoms with Crippen LogP contribution >= 0.6 is 11.6 Å². The van der Waals surface area contributed by atoms with Crippen LogP contribution in [0.2, 0.25) is 5.02 Å². The highest BCUT2D eigenvalue weighted by atomic mass is 35.5. The van der Waals surface area contributed by atoms with Gasteiger partial charge in [0.1, 0.15) is 0 Å². The Morgan fingerprint density at radius 2 is 2.25 bits per heavy atom. The second-order valence-corrected chi connectivity index (χ2v) is 5.23. The number of rotatable bonds is 4. The van der Waals surface area contributed by atoms with Gasteiger partial charge in [-0.25, -0.2) is 0 Å². The molecular weight excluding hydrogens is 280 g/mol. The average Bonchev–Trinajstić information content (AvgIpc) is 2.45. The molecule has 1 saturated heterocycles. The minimum Gasteiger partial charge on any atom is -0.387 e. The van der Waals surface area contributed by atoms with E-state index < -0.39 is 6.10 Å². The quantitative estimate of drug-likeness (QED) is 0.776. The predicted octanol–water partition coefficient (Wildman–Crippen LogP) is 1.02. The molecule has 2 unspecified atom stereocenters. The number of aliphatic hydroxyl groups is 1. The standard InChI is InChI=1S/C14H17ClN2O3/c15-11-4-2-1-3-10(11)12(18)8-17-14(20)9-5-6-16-13(19)7-9/h1-4,9,12,18H,5-8H2,(H,16,19)(H,17,20). The van der Waals surface area contributed by atoms with Gasteiger partial charge in [0, 0.05) is 36.0 Å². The zero-order valence-electron chi connectivity index (χ0n) is 10.9. The fraction of sp³-hybridized carbons (Fsp3) is 0.429. The summed E-state index contributed by atoms with van der Waals surface area (Å²) >= 11 is 5.98. The van der Waals surface area contributed by atoms with E-state index in [1.165, 1.54) is 0 Å². The van der Waals surface area contributed by atoms with Gasteiger partial charge in [0.15, 0.2) is 0 Å². The third kappa shape index (κ3) is 3.71. The third-order valence-corrected chi connectivity index (χ3v) is 3.70. The smallest absolute Gasteiger partial charge is 0.223 e. The van der Waals surface area contributed by atoms with Gasteiger partial charge in [-0.1, -0.05) is 29.8 Å². The Morgan fingerprint density at radius 3 is 2.95 bits per heavy atom. The summed E-state index contributed by atoms with van der Waals surface area (Å²) in [5.74, 6) is -0.629. The normalized spacial score (nSPS) is 20.1. The van der Waals surface area contributed by atoms with Gasteiger partial charge < -0.3 is 15.7 Å². The van der Waals surface area contributed by atoms with Crippen molar-refractivity contribution in [2.45, 2.75) is 18.9 Å². The molecule has 1 aliphatic rings. The van der Waals surface area contributed by atoms with Crippen molar-refractivity contribution >= 4 is 23.4 Å². The Balaban J connectivity index is 1.87. The Labute approximate surface area is 122 Å². The fourth-order valence-electron chi connectivity index (χ4n) is 2.20. The van der Waals surface area contributed by atoms with Crippen LogP contribution in [-0.2, 0) is 9.59 Å². The number of carbonyl (C=O) groups excluding carboxylic acids is 2. The lowest BCUT2D eigenvalue weighted by Crippen LogP contribution is -2.42. The van der Waals surface area contributed by atoms with E-state index in [0.29, 0.717) is 23.6 Å². The van der Waals surface area contributed by atoms with Gasteiger partial charge in [-0.05, 0) is 12.5 Å². The molecule has 1 aromatic rings. The minimum atomic E-state index is -0.856. The van der Waals surface area contributed by atoms with Crippen LogP contribution in [0, 0.1) is 5.92 Å². The van der Waals surface area contributed by atoms with E-state index in [1.54, 1.807) is 24.3 Å². The van der Waals surface area contributed by atoms with Crippen LogP contribution in [0.5, 0.6) is 0 Å². The lowest BCUT2D eigenvalue weighted by atomic mass is 9.96. The maximum Gasteiger partial charge on any atom is 0.223 e. The topological polar surface area (TPSA) is 78.4 Å². The molecule has 5 nitrogen and oxygen atoms in total. The number of hydrogen-bond donors (Lipinski definition) is 3. The van der Waals surface area contributed by atoms with E-state index in [1.807, 2.05) is 0 Å². The van der Waals surface area contributed by atoms with E-state index in [4.69, 9.17) is 11.6 Å². The molecule has 6 heteroatoms. The second-order valence-electron chi connectivity index (χ2n) is 4.82. The molecule has 0 aromatic heterocycles. The Hall–Kier alpha value is -1.59. The van der Waals surface area contributed by atoms with Crippen molar-refractivity contribution in [3.8, 4) is 0 Å². The molecule has 2 atom stereocenters. The number of benzene rings is 1. The molecule has 1 fully saturated rings. The number of piperidine rings is 1. The van der Waals surface area contributed by atoms with E-state index in [2.05, 4.69) is 10.6 Å². The molecule has 108 valence electrons. The summed E-state index contributed by atoms with van der Waals surface area (Å²) in [6.45, 7) is 0.602. The van der Waals surface area contributed by atoms with Crippen molar-refractivity contribution in [2.75, 3.05) is 13.1 Å². The molecule has 1 heterocycles. The van der Waals surface area contributed by atoms with Crippen molar-refractivity contribution < 1.29 is 14.7 Å². The van der Waals surface area contributed by atoms with Gasteiger partial charge in [-0.3, -0.25) is 9.59 Å². The Kier molecular flexibility index (Phi) is 4.98. The number of aliphatic hydroxyl groups excluding tert-OH is 1. The van der Waals surface area contributed by atoms with Crippen LogP contribution in [0.1, 0.15) is 24.5 Å². The van der Waals surface area contributed by atoms with Crippen LogP contribution in [0.3, 0.4) is 0 Å². The lowest BCUT2D eigenvalue weighted by Gasteiger charge is -2.22. The Bertz CT molecular complexity index is 507. The summed E-state index contributed by atoms with van der Waals surface area (Å²) in [7, 11) is 0.